The number of carbonyl (C=O) groups is 2. The van der Waals surface area contributed by atoms with Gasteiger partial charge in [0.2, 0.25) is 0 Å². The molecule has 0 spiro atoms. The molecule has 2 bridgehead atoms. The summed E-state index contributed by atoms with van der Waals surface area (Å²) >= 11 is 0. The van der Waals surface area contributed by atoms with Crippen LogP contribution in [0, 0.1) is 23.7 Å². The largest absolute Gasteiger partial charge is 0.295 e. The summed E-state index contributed by atoms with van der Waals surface area (Å²) in [4.78, 5) is 23.8. The molecule has 2 nitrogen and oxygen atoms in total. The molecule has 4 atom stereocenters. The van der Waals surface area contributed by atoms with Gasteiger partial charge in [0.15, 0.2) is 11.6 Å². The first-order valence-electron chi connectivity index (χ1n) is 6.40. The molecule has 86 valence electrons. The van der Waals surface area contributed by atoms with E-state index in [1.165, 1.54) is 29.7 Å². The second-order valence-electron chi connectivity index (χ2n) is 5.64. The molecule has 0 fully saturated rings. The van der Waals surface area contributed by atoms with Crippen LogP contribution in [0.15, 0.2) is 35.5 Å². The molecule has 0 radical (unpaired) electrons. The number of fused-ring (bicyclic) bond motifs is 5. The molecule has 2 heteroatoms. The van der Waals surface area contributed by atoms with Gasteiger partial charge in [0.1, 0.15) is 0 Å². The van der Waals surface area contributed by atoms with Gasteiger partial charge >= 0.3 is 0 Å². The Morgan fingerprint density at radius 3 is 1.76 bits per heavy atom. The Bertz CT molecular complexity index is 477. The molecule has 0 heterocycles. The Kier molecular flexibility index (Phi) is 1.73. The second-order valence-corrected chi connectivity index (χ2v) is 5.64. The van der Waals surface area contributed by atoms with E-state index in [0.717, 1.165) is 12.8 Å². The summed E-state index contributed by atoms with van der Waals surface area (Å²) in [5.74, 6) is 1.35. The van der Waals surface area contributed by atoms with Crippen molar-refractivity contribution in [2.75, 3.05) is 0 Å². The third-order valence-electron chi connectivity index (χ3n) is 4.90. The zero-order valence-electron chi connectivity index (χ0n) is 9.56. The highest BCUT2D eigenvalue weighted by molar-refractivity contribution is 6.07. The fourth-order valence-corrected chi connectivity index (χ4v) is 4.02. The molecule has 17 heavy (non-hydrogen) atoms. The lowest BCUT2D eigenvalue weighted by Gasteiger charge is -2.34. The van der Waals surface area contributed by atoms with Gasteiger partial charge in [-0.1, -0.05) is 23.3 Å². The monoisotopic (exact) mass is 226 g/mol. The van der Waals surface area contributed by atoms with Crippen LogP contribution in [-0.4, -0.2) is 11.6 Å². The van der Waals surface area contributed by atoms with Crippen LogP contribution in [0.3, 0.4) is 0 Å². The SMILES string of the molecule is O=C1C=CC(=O)C2CC3=C(CC12)C1C=CC3C1. The first-order valence-corrected chi connectivity index (χ1v) is 6.40. The fourth-order valence-electron chi connectivity index (χ4n) is 4.02. The molecule has 4 aliphatic carbocycles. The van der Waals surface area contributed by atoms with Crippen LogP contribution >= 0.6 is 0 Å². The minimum Gasteiger partial charge on any atom is -0.295 e. The highest BCUT2D eigenvalue weighted by atomic mass is 16.1. The molecule has 0 aromatic heterocycles. The normalized spacial score (nSPS) is 42.1. The smallest absolute Gasteiger partial charge is 0.159 e. The van der Waals surface area contributed by atoms with Crippen molar-refractivity contribution < 1.29 is 9.59 Å². The lowest BCUT2D eigenvalue weighted by molar-refractivity contribution is -0.129. The molecule has 0 N–H and O–H groups in total. The number of allylic oxidation sites excluding steroid dienone is 6. The number of hydrogen-bond donors (Lipinski definition) is 0. The highest BCUT2D eigenvalue weighted by Crippen LogP contribution is 2.53. The Morgan fingerprint density at radius 2 is 1.29 bits per heavy atom. The third kappa shape index (κ3) is 1.16. The third-order valence-corrected chi connectivity index (χ3v) is 4.90. The maximum atomic E-state index is 11.9. The number of carbonyl (C=O) groups excluding carboxylic acids is 2. The van der Waals surface area contributed by atoms with Gasteiger partial charge in [0.05, 0.1) is 0 Å². The van der Waals surface area contributed by atoms with Gasteiger partial charge in [-0.25, -0.2) is 0 Å². The summed E-state index contributed by atoms with van der Waals surface area (Å²) in [7, 11) is 0. The molecular weight excluding hydrogens is 212 g/mol. The fraction of sp³-hybridized carbons (Fsp3) is 0.467. The predicted octanol–water partition coefficient (Wildman–Crippen LogP) is 2.22. The van der Waals surface area contributed by atoms with Gasteiger partial charge in [-0.05, 0) is 43.3 Å². The maximum absolute atomic E-state index is 11.9. The van der Waals surface area contributed by atoms with E-state index < -0.39 is 0 Å². The zero-order chi connectivity index (χ0) is 11.6. The van der Waals surface area contributed by atoms with E-state index in [2.05, 4.69) is 12.2 Å². The van der Waals surface area contributed by atoms with Crippen LogP contribution in [0.1, 0.15) is 19.3 Å². The lowest BCUT2D eigenvalue weighted by atomic mass is 9.68. The summed E-state index contributed by atoms with van der Waals surface area (Å²) in [6.45, 7) is 0. The quantitative estimate of drug-likeness (QED) is 0.593. The predicted molar refractivity (Wildman–Crippen MR) is 63.1 cm³/mol. The van der Waals surface area contributed by atoms with Crippen molar-refractivity contribution in [2.45, 2.75) is 19.3 Å². The molecule has 0 saturated heterocycles. The zero-order valence-corrected chi connectivity index (χ0v) is 9.56. The van der Waals surface area contributed by atoms with Gasteiger partial charge < -0.3 is 0 Å². The molecule has 0 saturated carbocycles. The highest BCUT2D eigenvalue weighted by Gasteiger charge is 2.45. The standard InChI is InChI=1S/C15H14O2/c16-14-3-4-15(17)13-7-11-9-2-1-8(5-9)10(11)6-12(13)14/h1-4,8-9,12-13H,5-7H2. The van der Waals surface area contributed by atoms with E-state index in [0.29, 0.717) is 11.8 Å². The van der Waals surface area contributed by atoms with Crippen LogP contribution in [-0.2, 0) is 9.59 Å². The van der Waals surface area contributed by atoms with E-state index in [4.69, 9.17) is 0 Å². The Hall–Kier alpha value is -1.44. The van der Waals surface area contributed by atoms with Crippen LogP contribution in [0.4, 0.5) is 0 Å². The van der Waals surface area contributed by atoms with Crippen LogP contribution in [0.25, 0.3) is 0 Å². The van der Waals surface area contributed by atoms with E-state index in [1.807, 2.05) is 0 Å². The molecular formula is C15H14O2. The molecule has 0 amide bonds. The topological polar surface area (TPSA) is 34.1 Å². The van der Waals surface area contributed by atoms with E-state index in [1.54, 1.807) is 0 Å². The van der Waals surface area contributed by atoms with Crippen LogP contribution in [0.2, 0.25) is 0 Å². The van der Waals surface area contributed by atoms with Crippen LogP contribution < -0.4 is 0 Å². The van der Waals surface area contributed by atoms with Crippen molar-refractivity contribution in [1.82, 2.24) is 0 Å². The first-order chi connectivity index (χ1) is 8.24. The van der Waals surface area contributed by atoms with Gasteiger partial charge in [-0.15, -0.1) is 0 Å². The minimum atomic E-state index is -0.0565. The molecule has 4 aliphatic rings. The first kappa shape index (κ1) is 9.58. The second kappa shape index (κ2) is 3.06. The Morgan fingerprint density at radius 1 is 0.824 bits per heavy atom. The molecule has 0 aromatic carbocycles. The Labute approximate surface area is 100 Å². The summed E-state index contributed by atoms with van der Waals surface area (Å²) < 4.78 is 0. The van der Waals surface area contributed by atoms with E-state index >= 15 is 0 Å². The van der Waals surface area contributed by atoms with E-state index in [9.17, 15) is 9.59 Å². The maximum Gasteiger partial charge on any atom is 0.159 e. The molecule has 0 aliphatic heterocycles. The van der Waals surface area contributed by atoms with Crippen molar-refractivity contribution in [3.63, 3.8) is 0 Å². The number of hydrogen-bond acceptors (Lipinski definition) is 2. The lowest BCUT2D eigenvalue weighted by Crippen LogP contribution is -2.36. The van der Waals surface area contributed by atoms with Crippen molar-refractivity contribution in [3.8, 4) is 0 Å². The van der Waals surface area contributed by atoms with Crippen molar-refractivity contribution in [3.05, 3.63) is 35.5 Å². The summed E-state index contributed by atoms with van der Waals surface area (Å²) in [5, 5.41) is 0. The van der Waals surface area contributed by atoms with Crippen molar-refractivity contribution in [1.29, 1.82) is 0 Å². The van der Waals surface area contributed by atoms with Crippen molar-refractivity contribution >= 4 is 11.6 Å². The minimum absolute atomic E-state index is 0.0565. The Balaban J connectivity index is 1.75. The number of ketones is 2. The van der Waals surface area contributed by atoms with E-state index in [-0.39, 0.29) is 23.4 Å². The number of rotatable bonds is 0. The average Bonchev–Trinajstić information content (AvgIpc) is 2.94. The summed E-state index contributed by atoms with van der Waals surface area (Å²) in [5.41, 5.74) is 2.96. The summed E-state index contributed by atoms with van der Waals surface area (Å²) in [6.07, 6.45) is 10.4. The average molecular weight is 226 g/mol. The molecule has 4 unspecified atom stereocenters. The summed E-state index contributed by atoms with van der Waals surface area (Å²) in [6, 6.07) is 0. The van der Waals surface area contributed by atoms with Gasteiger partial charge in [0, 0.05) is 11.8 Å². The van der Waals surface area contributed by atoms with Gasteiger partial charge in [0.25, 0.3) is 0 Å². The van der Waals surface area contributed by atoms with Gasteiger partial charge in [-0.2, -0.15) is 0 Å². The molecule has 0 aromatic rings. The molecule has 4 rings (SSSR count). The van der Waals surface area contributed by atoms with Crippen molar-refractivity contribution in [2.24, 2.45) is 23.7 Å². The van der Waals surface area contributed by atoms with Crippen LogP contribution in [0.5, 0.6) is 0 Å². The van der Waals surface area contributed by atoms with Gasteiger partial charge in [-0.3, -0.25) is 9.59 Å².